The van der Waals surface area contributed by atoms with E-state index in [-0.39, 0.29) is 17.9 Å². The second-order valence-electron chi connectivity index (χ2n) is 6.62. The fraction of sp³-hybridized carbons (Fsp3) is 0.316. The highest BCUT2D eigenvalue weighted by Gasteiger charge is 2.36. The second-order valence-corrected chi connectivity index (χ2v) is 6.62. The fourth-order valence-corrected chi connectivity index (χ4v) is 2.89. The maximum absolute atomic E-state index is 12.7. The standard InChI is InChI=1S/C19H21N3O3/c1-19(2)16(8-9-17(23)22-19)21-18(24)14-12-20-11-10-15(14)25-13-6-4-3-5-7-13/h3-7,10-12,16H,8-9H2,1-2H3,(H,21,24)(H,22,23). The lowest BCUT2D eigenvalue weighted by atomic mass is 9.86. The van der Waals surface area contributed by atoms with E-state index in [0.717, 1.165) is 0 Å². The van der Waals surface area contributed by atoms with Crippen LogP contribution in [0.5, 0.6) is 11.5 Å². The summed E-state index contributed by atoms with van der Waals surface area (Å²) in [4.78, 5) is 28.4. The molecule has 2 heterocycles. The van der Waals surface area contributed by atoms with E-state index >= 15 is 0 Å². The summed E-state index contributed by atoms with van der Waals surface area (Å²) < 4.78 is 5.82. The summed E-state index contributed by atoms with van der Waals surface area (Å²) in [6.45, 7) is 3.80. The van der Waals surface area contributed by atoms with Gasteiger partial charge in [-0.25, -0.2) is 0 Å². The highest BCUT2D eigenvalue weighted by Crippen LogP contribution is 2.25. The number of rotatable bonds is 4. The van der Waals surface area contributed by atoms with Gasteiger partial charge in [0.05, 0.1) is 11.6 Å². The number of carbonyl (C=O) groups is 2. The summed E-state index contributed by atoms with van der Waals surface area (Å²) in [6.07, 6.45) is 4.07. The third-order valence-electron chi connectivity index (χ3n) is 4.29. The first-order chi connectivity index (χ1) is 12.0. The van der Waals surface area contributed by atoms with Gasteiger partial charge >= 0.3 is 0 Å². The number of hydrogen-bond acceptors (Lipinski definition) is 4. The summed E-state index contributed by atoms with van der Waals surface area (Å²) in [5.41, 5.74) is -0.146. The molecule has 6 heteroatoms. The van der Waals surface area contributed by atoms with Crippen LogP contribution in [-0.2, 0) is 4.79 Å². The molecule has 0 aliphatic carbocycles. The first-order valence-electron chi connectivity index (χ1n) is 8.24. The van der Waals surface area contributed by atoms with Crippen LogP contribution < -0.4 is 15.4 Å². The van der Waals surface area contributed by atoms with Crippen molar-refractivity contribution in [1.82, 2.24) is 15.6 Å². The average Bonchev–Trinajstić information content (AvgIpc) is 2.58. The third-order valence-corrected chi connectivity index (χ3v) is 4.29. The quantitative estimate of drug-likeness (QED) is 0.897. The van der Waals surface area contributed by atoms with Crippen LogP contribution in [0.25, 0.3) is 0 Å². The van der Waals surface area contributed by atoms with Crippen LogP contribution in [0.2, 0.25) is 0 Å². The van der Waals surface area contributed by atoms with Crippen molar-refractivity contribution in [2.24, 2.45) is 0 Å². The summed E-state index contributed by atoms with van der Waals surface area (Å²) >= 11 is 0. The molecule has 1 aliphatic heterocycles. The van der Waals surface area contributed by atoms with Crippen molar-refractivity contribution in [1.29, 1.82) is 0 Å². The van der Waals surface area contributed by atoms with Gasteiger partial charge in [-0.3, -0.25) is 14.6 Å². The van der Waals surface area contributed by atoms with Crippen LogP contribution in [0.3, 0.4) is 0 Å². The van der Waals surface area contributed by atoms with Gasteiger partial charge in [0.25, 0.3) is 5.91 Å². The van der Waals surface area contributed by atoms with Crippen molar-refractivity contribution in [2.75, 3.05) is 0 Å². The first kappa shape index (κ1) is 17.0. The van der Waals surface area contributed by atoms with Crippen molar-refractivity contribution < 1.29 is 14.3 Å². The molecule has 2 N–H and O–H groups in total. The lowest BCUT2D eigenvalue weighted by molar-refractivity contribution is -0.125. The number of aromatic nitrogens is 1. The van der Waals surface area contributed by atoms with Crippen molar-refractivity contribution in [3.05, 3.63) is 54.4 Å². The number of carbonyl (C=O) groups excluding carboxylic acids is 2. The Morgan fingerprint density at radius 2 is 2.04 bits per heavy atom. The molecule has 0 radical (unpaired) electrons. The number of ether oxygens (including phenoxy) is 1. The lowest BCUT2D eigenvalue weighted by Gasteiger charge is -2.39. The Morgan fingerprint density at radius 1 is 1.28 bits per heavy atom. The molecular formula is C19H21N3O3. The van der Waals surface area contributed by atoms with E-state index in [1.54, 1.807) is 12.3 Å². The van der Waals surface area contributed by atoms with Gasteiger partial charge in [0.1, 0.15) is 17.1 Å². The van der Waals surface area contributed by atoms with E-state index in [1.165, 1.54) is 6.20 Å². The molecule has 1 fully saturated rings. The minimum absolute atomic E-state index is 0.00461. The van der Waals surface area contributed by atoms with Gasteiger partial charge in [0.2, 0.25) is 5.91 Å². The Bertz CT molecular complexity index is 774. The number of piperidine rings is 1. The molecule has 1 atom stereocenters. The summed E-state index contributed by atoms with van der Waals surface area (Å²) in [7, 11) is 0. The summed E-state index contributed by atoms with van der Waals surface area (Å²) in [6, 6.07) is 10.8. The molecule has 2 aromatic rings. The van der Waals surface area contributed by atoms with E-state index in [1.807, 2.05) is 44.2 Å². The van der Waals surface area contributed by atoms with Gasteiger partial charge in [-0.05, 0) is 38.5 Å². The zero-order valence-electron chi connectivity index (χ0n) is 14.3. The van der Waals surface area contributed by atoms with Crippen molar-refractivity contribution in [3.8, 4) is 11.5 Å². The molecule has 0 saturated carbocycles. The van der Waals surface area contributed by atoms with Gasteiger partial charge in [-0.2, -0.15) is 0 Å². The monoisotopic (exact) mass is 339 g/mol. The topological polar surface area (TPSA) is 80.3 Å². The smallest absolute Gasteiger partial charge is 0.256 e. The number of para-hydroxylation sites is 1. The second kappa shape index (κ2) is 6.93. The Labute approximate surface area is 146 Å². The largest absolute Gasteiger partial charge is 0.456 e. The van der Waals surface area contributed by atoms with Crippen molar-refractivity contribution in [2.45, 2.75) is 38.3 Å². The number of amides is 2. The Kier molecular flexibility index (Phi) is 4.70. The van der Waals surface area contributed by atoms with Crippen LogP contribution in [0, 0.1) is 0 Å². The maximum atomic E-state index is 12.7. The van der Waals surface area contributed by atoms with Crippen LogP contribution in [0.4, 0.5) is 0 Å². The van der Waals surface area contributed by atoms with Gasteiger partial charge in [-0.15, -0.1) is 0 Å². The number of nitrogens with one attached hydrogen (secondary N) is 2. The number of pyridine rings is 1. The predicted molar refractivity (Wildman–Crippen MR) is 93.5 cm³/mol. The van der Waals surface area contributed by atoms with Crippen LogP contribution in [0.15, 0.2) is 48.8 Å². The van der Waals surface area contributed by atoms with Crippen LogP contribution in [-0.4, -0.2) is 28.4 Å². The highest BCUT2D eigenvalue weighted by molar-refractivity contribution is 5.97. The first-order valence-corrected chi connectivity index (χ1v) is 8.24. The van der Waals surface area contributed by atoms with E-state index in [2.05, 4.69) is 15.6 Å². The predicted octanol–water partition coefficient (Wildman–Crippen LogP) is 2.66. The fourth-order valence-electron chi connectivity index (χ4n) is 2.89. The third kappa shape index (κ3) is 3.96. The summed E-state index contributed by atoms with van der Waals surface area (Å²) in [5.74, 6) is 0.822. The zero-order chi connectivity index (χ0) is 17.9. The Morgan fingerprint density at radius 3 is 2.76 bits per heavy atom. The minimum atomic E-state index is -0.506. The van der Waals surface area contributed by atoms with Gasteiger partial charge in [0.15, 0.2) is 0 Å². The molecule has 1 unspecified atom stereocenters. The Hall–Kier alpha value is -2.89. The molecule has 3 rings (SSSR count). The number of hydrogen-bond donors (Lipinski definition) is 2. The molecule has 130 valence electrons. The number of benzene rings is 1. The molecule has 1 aromatic heterocycles. The number of nitrogens with zero attached hydrogens (tertiary/aromatic N) is 1. The molecule has 0 spiro atoms. The van der Waals surface area contributed by atoms with Crippen LogP contribution in [0.1, 0.15) is 37.0 Å². The minimum Gasteiger partial charge on any atom is -0.456 e. The Balaban J connectivity index is 1.77. The van der Waals surface area contributed by atoms with E-state index in [9.17, 15) is 9.59 Å². The van der Waals surface area contributed by atoms with E-state index in [4.69, 9.17) is 4.74 Å². The van der Waals surface area contributed by atoms with E-state index in [0.29, 0.717) is 29.9 Å². The molecule has 2 amide bonds. The normalized spacial score (nSPS) is 19.0. The van der Waals surface area contributed by atoms with Crippen molar-refractivity contribution >= 4 is 11.8 Å². The molecule has 1 aromatic carbocycles. The summed E-state index contributed by atoms with van der Waals surface area (Å²) in [5, 5.41) is 5.91. The van der Waals surface area contributed by atoms with Gasteiger partial charge < -0.3 is 15.4 Å². The lowest BCUT2D eigenvalue weighted by Crippen LogP contribution is -2.62. The molecule has 25 heavy (non-hydrogen) atoms. The highest BCUT2D eigenvalue weighted by atomic mass is 16.5. The molecule has 1 saturated heterocycles. The zero-order valence-corrected chi connectivity index (χ0v) is 14.3. The van der Waals surface area contributed by atoms with Crippen molar-refractivity contribution in [3.63, 3.8) is 0 Å². The maximum Gasteiger partial charge on any atom is 0.256 e. The van der Waals surface area contributed by atoms with Gasteiger partial charge in [0, 0.05) is 18.8 Å². The van der Waals surface area contributed by atoms with Gasteiger partial charge in [-0.1, -0.05) is 18.2 Å². The van der Waals surface area contributed by atoms with Crippen LogP contribution >= 0.6 is 0 Å². The van der Waals surface area contributed by atoms with E-state index < -0.39 is 5.54 Å². The molecule has 6 nitrogen and oxygen atoms in total. The SMILES string of the molecule is CC1(C)NC(=O)CCC1NC(=O)c1cnccc1Oc1ccccc1. The molecule has 0 bridgehead atoms. The molecule has 1 aliphatic rings. The average molecular weight is 339 g/mol. The molecular weight excluding hydrogens is 318 g/mol.